The molecule has 0 radical (unpaired) electrons. The summed E-state index contributed by atoms with van der Waals surface area (Å²) in [5.74, 6) is 0.944. The summed E-state index contributed by atoms with van der Waals surface area (Å²) in [5, 5.41) is 7.38. The van der Waals surface area contributed by atoms with Gasteiger partial charge in [0.15, 0.2) is 5.69 Å². The van der Waals surface area contributed by atoms with Crippen molar-refractivity contribution >= 4 is 5.91 Å². The SMILES string of the molecule is COc1ccc(C)cc1CN1CCN(C(=O)c2n[nH]c3c2C[C@H](C)O[C@@H]3C)CC1. The maximum Gasteiger partial charge on any atom is 0.274 e. The van der Waals surface area contributed by atoms with Crippen molar-refractivity contribution in [3.8, 4) is 5.75 Å². The molecule has 2 aliphatic heterocycles. The van der Waals surface area contributed by atoms with Crippen LogP contribution in [0.25, 0.3) is 0 Å². The molecule has 1 N–H and O–H groups in total. The van der Waals surface area contributed by atoms with E-state index in [0.717, 1.165) is 43.1 Å². The number of benzene rings is 1. The summed E-state index contributed by atoms with van der Waals surface area (Å²) in [5.41, 5.74) is 4.95. The number of rotatable bonds is 4. The van der Waals surface area contributed by atoms with E-state index in [1.807, 2.05) is 24.8 Å². The first-order chi connectivity index (χ1) is 14.0. The minimum absolute atomic E-state index is 0.0246. The van der Waals surface area contributed by atoms with Gasteiger partial charge in [-0.25, -0.2) is 0 Å². The lowest BCUT2D eigenvalue weighted by Crippen LogP contribution is -2.48. The predicted molar refractivity (Wildman–Crippen MR) is 110 cm³/mol. The maximum absolute atomic E-state index is 13.1. The first-order valence-corrected chi connectivity index (χ1v) is 10.3. The molecular weight excluding hydrogens is 368 g/mol. The van der Waals surface area contributed by atoms with Crippen molar-refractivity contribution in [3.05, 3.63) is 46.3 Å². The number of aromatic nitrogens is 2. The van der Waals surface area contributed by atoms with Crippen molar-refractivity contribution in [1.29, 1.82) is 0 Å². The average molecular weight is 399 g/mol. The van der Waals surface area contributed by atoms with Gasteiger partial charge in [0.2, 0.25) is 0 Å². The molecule has 3 heterocycles. The van der Waals surface area contributed by atoms with Crippen LogP contribution in [0.4, 0.5) is 0 Å². The zero-order chi connectivity index (χ0) is 20.5. The van der Waals surface area contributed by atoms with Crippen LogP contribution in [0.5, 0.6) is 5.75 Å². The third kappa shape index (κ3) is 4.02. The highest BCUT2D eigenvalue weighted by Gasteiger charge is 2.32. The van der Waals surface area contributed by atoms with E-state index in [0.29, 0.717) is 18.8 Å². The van der Waals surface area contributed by atoms with Crippen LogP contribution in [0.3, 0.4) is 0 Å². The third-order valence-electron chi connectivity index (χ3n) is 5.93. The summed E-state index contributed by atoms with van der Waals surface area (Å²) in [6.07, 6.45) is 0.774. The zero-order valence-electron chi connectivity index (χ0n) is 17.7. The van der Waals surface area contributed by atoms with Crippen molar-refractivity contribution in [2.45, 2.75) is 45.9 Å². The van der Waals surface area contributed by atoms with Crippen molar-refractivity contribution in [2.24, 2.45) is 0 Å². The average Bonchev–Trinajstić information content (AvgIpc) is 3.12. The molecule has 1 fully saturated rings. The van der Waals surface area contributed by atoms with E-state index in [4.69, 9.17) is 9.47 Å². The quantitative estimate of drug-likeness (QED) is 0.858. The van der Waals surface area contributed by atoms with Gasteiger partial charge in [0, 0.05) is 50.3 Å². The summed E-state index contributed by atoms with van der Waals surface area (Å²) < 4.78 is 11.3. The maximum atomic E-state index is 13.1. The molecule has 1 aromatic heterocycles. The molecule has 4 rings (SSSR count). The molecule has 0 bridgehead atoms. The first-order valence-electron chi connectivity index (χ1n) is 10.3. The highest BCUT2D eigenvalue weighted by molar-refractivity contribution is 5.94. The lowest BCUT2D eigenvalue weighted by molar-refractivity contribution is -0.00704. The van der Waals surface area contributed by atoms with Crippen LogP contribution in [0.2, 0.25) is 0 Å². The number of methoxy groups -OCH3 is 1. The van der Waals surface area contributed by atoms with Gasteiger partial charge in [-0.15, -0.1) is 0 Å². The second kappa shape index (κ2) is 8.16. The van der Waals surface area contributed by atoms with E-state index in [9.17, 15) is 4.79 Å². The van der Waals surface area contributed by atoms with Gasteiger partial charge in [0.25, 0.3) is 5.91 Å². The van der Waals surface area contributed by atoms with Gasteiger partial charge < -0.3 is 14.4 Å². The number of hydrogen-bond donors (Lipinski definition) is 1. The Kier molecular flexibility index (Phi) is 5.61. The number of H-pyrrole nitrogens is 1. The lowest BCUT2D eigenvalue weighted by Gasteiger charge is -2.35. The summed E-state index contributed by atoms with van der Waals surface area (Å²) in [6, 6.07) is 6.27. The van der Waals surface area contributed by atoms with Gasteiger partial charge >= 0.3 is 0 Å². The van der Waals surface area contributed by atoms with Crippen LogP contribution < -0.4 is 4.74 Å². The van der Waals surface area contributed by atoms with Crippen molar-refractivity contribution in [2.75, 3.05) is 33.3 Å². The molecule has 29 heavy (non-hydrogen) atoms. The monoisotopic (exact) mass is 398 g/mol. The number of hydrogen-bond acceptors (Lipinski definition) is 5. The molecule has 1 saturated heterocycles. The Hall–Kier alpha value is -2.38. The normalized spacial score (nSPS) is 22.4. The molecule has 0 saturated carbocycles. The van der Waals surface area contributed by atoms with Gasteiger partial charge in [0.1, 0.15) is 5.75 Å². The molecule has 2 aliphatic rings. The molecule has 2 aromatic rings. The van der Waals surface area contributed by atoms with Gasteiger partial charge in [0.05, 0.1) is 25.0 Å². The molecule has 1 amide bonds. The number of nitrogens with one attached hydrogen (secondary N) is 1. The lowest BCUT2D eigenvalue weighted by atomic mass is 9.99. The molecule has 0 aliphatic carbocycles. The van der Waals surface area contributed by atoms with E-state index in [2.05, 4.69) is 34.2 Å². The van der Waals surface area contributed by atoms with Crippen molar-refractivity contribution in [3.63, 3.8) is 0 Å². The van der Waals surface area contributed by atoms with Crippen molar-refractivity contribution in [1.82, 2.24) is 20.0 Å². The molecule has 156 valence electrons. The Balaban J connectivity index is 1.41. The summed E-state index contributed by atoms with van der Waals surface area (Å²) in [7, 11) is 1.71. The van der Waals surface area contributed by atoms with Crippen LogP contribution in [-0.4, -0.2) is 65.3 Å². The molecule has 2 atom stereocenters. The number of carbonyl (C=O) groups excluding carboxylic acids is 1. The Labute approximate surface area is 172 Å². The van der Waals surface area contributed by atoms with Gasteiger partial charge in [-0.2, -0.15) is 5.10 Å². The van der Waals surface area contributed by atoms with E-state index < -0.39 is 0 Å². The number of fused-ring (bicyclic) bond motifs is 1. The minimum atomic E-state index is -0.0519. The van der Waals surface area contributed by atoms with Crippen molar-refractivity contribution < 1.29 is 14.3 Å². The summed E-state index contributed by atoms with van der Waals surface area (Å²) >= 11 is 0. The fourth-order valence-corrected chi connectivity index (χ4v) is 4.38. The molecule has 7 heteroatoms. The summed E-state index contributed by atoms with van der Waals surface area (Å²) in [6.45, 7) is 10.1. The molecule has 7 nitrogen and oxygen atoms in total. The molecule has 1 aromatic carbocycles. The Morgan fingerprint density at radius 3 is 2.76 bits per heavy atom. The molecule has 0 spiro atoms. The van der Waals surface area contributed by atoms with Crippen LogP contribution in [0.15, 0.2) is 18.2 Å². The molecule has 0 unspecified atom stereocenters. The fraction of sp³-hybridized carbons (Fsp3) is 0.545. The number of amides is 1. The number of aryl methyl sites for hydroxylation is 1. The number of aromatic amines is 1. The van der Waals surface area contributed by atoms with Gasteiger partial charge in [-0.3, -0.25) is 14.8 Å². The van der Waals surface area contributed by atoms with E-state index in [1.54, 1.807) is 7.11 Å². The second-order valence-corrected chi connectivity index (χ2v) is 8.14. The Morgan fingerprint density at radius 2 is 2.03 bits per heavy atom. The van der Waals surface area contributed by atoms with Crippen LogP contribution >= 0.6 is 0 Å². The smallest absolute Gasteiger partial charge is 0.274 e. The largest absolute Gasteiger partial charge is 0.496 e. The predicted octanol–water partition coefficient (Wildman–Crippen LogP) is 2.71. The zero-order valence-corrected chi connectivity index (χ0v) is 17.7. The fourth-order valence-electron chi connectivity index (χ4n) is 4.38. The first kappa shape index (κ1) is 19.9. The van der Waals surface area contributed by atoms with Gasteiger partial charge in [-0.1, -0.05) is 17.7 Å². The van der Waals surface area contributed by atoms with Crippen LogP contribution in [-0.2, 0) is 17.7 Å². The number of ether oxygens (including phenoxy) is 2. The number of piperazine rings is 1. The standard InChI is InChI=1S/C22H30N4O3/c1-14-5-6-19(28-4)17(11-14)13-25-7-9-26(10-8-25)22(27)21-18-12-15(2)29-16(3)20(18)23-24-21/h5-6,11,15-16H,7-10,12-13H2,1-4H3,(H,23,24)/t15-,16+/m0/s1. The van der Waals surface area contributed by atoms with E-state index >= 15 is 0 Å². The molecular formula is C22H30N4O3. The van der Waals surface area contributed by atoms with E-state index in [-0.39, 0.29) is 18.1 Å². The van der Waals surface area contributed by atoms with Crippen LogP contribution in [0, 0.1) is 6.92 Å². The number of nitrogens with zero attached hydrogens (tertiary/aromatic N) is 3. The van der Waals surface area contributed by atoms with Gasteiger partial charge in [-0.05, 0) is 26.8 Å². The highest BCUT2D eigenvalue weighted by atomic mass is 16.5. The highest BCUT2D eigenvalue weighted by Crippen LogP contribution is 2.31. The topological polar surface area (TPSA) is 70.7 Å². The third-order valence-corrected chi connectivity index (χ3v) is 5.93. The Bertz CT molecular complexity index is 886. The van der Waals surface area contributed by atoms with E-state index in [1.165, 1.54) is 11.1 Å². The minimum Gasteiger partial charge on any atom is -0.496 e. The summed E-state index contributed by atoms with van der Waals surface area (Å²) in [4.78, 5) is 17.4. The Morgan fingerprint density at radius 1 is 1.28 bits per heavy atom. The van der Waals surface area contributed by atoms with Crippen LogP contribution in [0.1, 0.15) is 52.8 Å². The second-order valence-electron chi connectivity index (χ2n) is 8.14. The number of carbonyl (C=O) groups is 1.